The van der Waals surface area contributed by atoms with Crippen molar-refractivity contribution in [1.29, 1.82) is 0 Å². The normalized spacial score (nSPS) is 11.9. The first-order valence-corrected chi connectivity index (χ1v) is 16.2. The number of sulfone groups is 1. The van der Waals surface area contributed by atoms with Crippen molar-refractivity contribution >= 4 is 9.84 Å². The maximum Gasteiger partial charge on any atom is 0.206 e. The Kier molecular flexibility index (Phi) is 11.2. The molecule has 0 saturated carbocycles. The van der Waals surface area contributed by atoms with Gasteiger partial charge < -0.3 is 24.1 Å². The van der Waals surface area contributed by atoms with E-state index in [4.69, 9.17) is 24.1 Å². The van der Waals surface area contributed by atoms with Gasteiger partial charge in [-0.25, -0.2) is 8.42 Å². The number of benzene rings is 4. The molecule has 4 aromatic rings. The third-order valence-corrected chi connectivity index (χ3v) is 9.54. The smallest absolute Gasteiger partial charge is 0.206 e. The molecular weight excluding hydrogens is 576 g/mol. The summed E-state index contributed by atoms with van der Waals surface area (Å²) in [5.74, 6) is 1.44. The van der Waals surface area contributed by atoms with Gasteiger partial charge in [-0.15, -0.1) is 0 Å². The molecule has 0 amide bonds. The summed E-state index contributed by atoms with van der Waals surface area (Å²) < 4.78 is 49.5. The van der Waals surface area contributed by atoms with E-state index in [2.05, 4.69) is 20.8 Å². The molecule has 4 aromatic carbocycles. The van der Waals surface area contributed by atoms with Crippen LogP contribution in [0.15, 0.2) is 94.7 Å². The lowest BCUT2D eigenvalue weighted by Crippen LogP contribution is -2.18. The second-order valence-corrected chi connectivity index (χ2v) is 13.3. The highest BCUT2D eigenvalue weighted by molar-refractivity contribution is 7.91. The highest BCUT2D eigenvalue weighted by atomic mass is 32.2. The van der Waals surface area contributed by atoms with Gasteiger partial charge in [-0.1, -0.05) is 57.2 Å². The molecule has 8 heteroatoms. The van der Waals surface area contributed by atoms with Crippen LogP contribution in [0, 0.1) is 5.41 Å². The Balaban J connectivity index is 1.51. The van der Waals surface area contributed by atoms with Crippen molar-refractivity contribution in [3.63, 3.8) is 0 Å². The summed E-state index contributed by atoms with van der Waals surface area (Å²) in [4.78, 5) is 0.438. The largest absolute Gasteiger partial charge is 0.496 e. The second kappa shape index (κ2) is 14.9. The topological polar surface area (TPSA) is 91.3 Å². The second-order valence-electron chi connectivity index (χ2n) is 11.4. The van der Waals surface area contributed by atoms with Gasteiger partial charge in [0.15, 0.2) is 0 Å². The summed E-state index contributed by atoms with van der Waals surface area (Å²) >= 11 is 0. The van der Waals surface area contributed by atoms with Crippen molar-refractivity contribution in [2.45, 2.75) is 50.2 Å². The summed E-state index contributed by atoms with van der Waals surface area (Å²) in [5.41, 5.74) is 5.50. The van der Waals surface area contributed by atoms with Crippen molar-refractivity contribution in [3.05, 3.63) is 96.1 Å². The first-order valence-electron chi connectivity index (χ1n) is 14.7. The fourth-order valence-corrected chi connectivity index (χ4v) is 5.98. The van der Waals surface area contributed by atoms with Crippen LogP contribution in [0.1, 0.15) is 38.3 Å². The fourth-order valence-electron chi connectivity index (χ4n) is 4.72. The molecule has 0 unspecified atom stereocenters. The monoisotopic (exact) mass is 618 g/mol. The van der Waals surface area contributed by atoms with Crippen LogP contribution in [0.3, 0.4) is 0 Å². The van der Waals surface area contributed by atoms with E-state index in [1.54, 1.807) is 50.6 Å². The molecule has 0 atom stereocenters. The van der Waals surface area contributed by atoms with Gasteiger partial charge in [0.1, 0.15) is 11.5 Å². The minimum absolute atomic E-state index is 0.0591. The summed E-state index contributed by atoms with van der Waals surface area (Å²) in [7, 11) is -0.485. The van der Waals surface area contributed by atoms with E-state index < -0.39 is 9.84 Å². The summed E-state index contributed by atoms with van der Waals surface area (Å²) in [5, 5.41) is 9.01. The molecule has 0 saturated heterocycles. The molecule has 0 bridgehead atoms. The zero-order chi connectivity index (χ0) is 31.7. The van der Waals surface area contributed by atoms with Crippen LogP contribution < -0.4 is 9.47 Å². The zero-order valence-corrected chi connectivity index (χ0v) is 26.9. The first-order chi connectivity index (χ1) is 21.1. The van der Waals surface area contributed by atoms with E-state index >= 15 is 0 Å². The number of rotatable bonds is 15. The zero-order valence-electron chi connectivity index (χ0n) is 26.1. The maximum atomic E-state index is 13.5. The predicted octanol–water partition coefficient (Wildman–Crippen LogP) is 7.33. The van der Waals surface area contributed by atoms with Gasteiger partial charge in [0.2, 0.25) is 9.84 Å². The number of hydrogen-bond acceptors (Lipinski definition) is 7. The Morgan fingerprint density at radius 1 is 0.659 bits per heavy atom. The minimum atomic E-state index is -3.72. The van der Waals surface area contributed by atoms with Gasteiger partial charge in [0.05, 0.1) is 57.0 Å². The molecule has 0 aliphatic carbocycles. The van der Waals surface area contributed by atoms with E-state index in [9.17, 15) is 8.42 Å². The molecular formula is C36H42O7S. The average molecular weight is 619 g/mol. The number of ether oxygens (including phenoxy) is 4. The van der Waals surface area contributed by atoms with Crippen molar-refractivity contribution < 1.29 is 32.5 Å². The van der Waals surface area contributed by atoms with E-state index in [0.29, 0.717) is 25.6 Å². The molecule has 0 aliphatic heterocycles. The molecule has 0 aliphatic rings. The minimum Gasteiger partial charge on any atom is -0.496 e. The molecule has 0 fully saturated rings. The molecule has 234 valence electrons. The predicted molar refractivity (Wildman–Crippen MR) is 173 cm³/mol. The van der Waals surface area contributed by atoms with Crippen LogP contribution in [0.2, 0.25) is 0 Å². The molecule has 44 heavy (non-hydrogen) atoms. The lowest BCUT2D eigenvalue weighted by Gasteiger charge is -2.22. The number of methoxy groups -OCH3 is 2. The third kappa shape index (κ3) is 8.07. The van der Waals surface area contributed by atoms with Crippen molar-refractivity contribution in [1.82, 2.24) is 0 Å². The van der Waals surface area contributed by atoms with E-state index in [1.165, 1.54) is 0 Å². The van der Waals surface area contributed by atoms with E-state index in [1.807, 2.05) is 48.5 Å². The number of aliphatic hydroxyl groups is 1. The molecule has 1 N–H and O–H groups in total. The molecule has 0 aromatic heterocycles. The number of aliphatic hydroxyl groups excluding tert-OH is 1. The Bertz CT molecular complexity index is 1630. The highest BCUT2D eigenvalue weighted by Crippen LogP contribution is 2.32. The quantitative estimate of drug-likeness (QED) is 0.140. The third-order valence-electron chi connectivity index (χ3n) is 7.76. The Morgan fingerprint density at radius 2 is 1.09 bits per heavy atom. The van der Waals surface area contributed by atoms with Crippen LogP contribution in [0.25, 0.3) is 22.3 Å². The lowest BCUT2D eigenvalue weighted by atomic mass is 9.92. The van der Waals surface area contributed by atoms with Gasteiger partial charge in [0.25, 0.3) is 0 Å². The molecule has 0 spiro atoms. The van der Waals surface area contributed by atoms with Crippen LogP contribution in [0.4, 0.5) is 0 Å². The first kappa shape index (κ1) is 33.2. The van der Waals surface area contributed by atoms with Crippen molar-refractivity contribution in [2.75, 3.05) is 34.0 Å². The van der Waals surface area contributed by atoms with E-state index in [-0.39, 0.29) is 28.4 Å². The van der Waals surface area contributed by atoms with Crippen LogP contribution in [-0.2, 0) is 32.5 Å². The molecule has 0 radical (unpaired) electrons. The van der Waals surface area contributed by atoms with Crippen LogP contribution in [-0.4, -0.2) is 47.6 Å². The standard InChI is InChI=1S/C36H42O7S/c1-6-36(2,3)25-43-24-31-22-29(12-18-35(31)41-5)27-9-15-33(16-10-27)44(38,39)32-13-7-26(8-14-32)28-11-17-34(40-4)30(21-28)23-42-20-19-37/h7-18,21-22,37H,6,19-20,23-25H2,1-5H3. The van der Waals surface area contributed by atoms with Gasteiger partial charge >= 0.3 is 0 Å². The maximum absolute atomic E-state index is 13.5. The van der Waals surface area contributed by atoms with Gasteiger partial charge in [-0.05, 0) is 82.6 Å². The molecule has 7 nitrogen and oxygen atoms in total. The summed E-state index contributed by atoms with van der Waals surface area (Å²) in [6.45, 7) is 8.05. The summed E-state index contributed by atoms with van der Waals surface area (Å²) in [6, 6.07) is 25.4. The van der Waals surface area contributed by atoms with Gasteiger partial charge in [-0.2, -0.15) is 0 Å². The van der Waals surface area contributed by atoms with Gasteiger partial charge in [0, 0.05) is 11.1 Å². The lowest BCUT2D eigenvalue weighted by molar-refractivity contribution is 0.0486. The van der Waals surface area contributed by atoms with Crippen LogP contribution >= 0.6 is 0 Å². The fraction of sp³-hybridized carbons (Fsp3) is 0.333. The highest BCUT2D eigenvalue weighted by Gasteiger charge is 2.19. The molecule has 0 heterocycles. The van der Waals surface area contributed by atoms with E-state index in [0.717, 1.165) is 45.6 Å². The summed E-state index contributed by atoms with van der Waals surface area (Å²) in [6.07, 6.45) is 1.02. The Hall–Kier alpha value is -3.69. The van der Waals surface area contributed by atoms with Crippen molar-refractivity contribution in [2.24, 2.45) is 5.41 Å². The number of hydrogen-bond donors (Lipinski definition) is 1. The van der Waals surface area contributed by atoms with Crippen LogP contribution in [0.5, 0.6) is 11.5 Å². The van der Waals surface area contributed by atoms with Gasteiger partial charge in [-0.3, -0.25) is 0 Å². The van der Waals surface area contributed by atoms with Crippen molar-refractivity contribution in [3.8, 4) is 33.8 Å². The SMILES string of the molecule is CCC(C)(C)COCc1cc(-c2ccc(S(=O)(=O)c3ccc(-c4ccc(OC)c(COCCO)c4)cc3)cc2)ccc1OC. The molecule has 4 rings (SSSR count). The Labute approximate surface area is 261 Å². The average Bonchev–Trinajstić information content (AvgIpc) is 3.05. The Morgan fingerprint density at radius 3 is 1.50 bits per heavy atom.